The third kappa shape index (κ3) is 3.46. The lowest BCUT2D eigenvalue weighted by molar-refractivity contribution is 0.188. The Morgan fingerprint density at radius 1 is 1.19 bits per heavy atom. The van der Waals surface area contributed by atoms with E-state index in [0.29, 0.717) is 36.7 Å². The molecule has 9 heteroatoms. The van der Waals surface area contributed by atoms with Crippen LogP contribution in [-0.4, -0.2) is 42.6 Å². The molecule has 0 saturated heterocycles. The predicted molar refractivity (Wildman–Crippen MR) is 103 cm³/mol. The van der Waals surface area contributed by atoms with Crippen LogP contribution in [0.2, 0.25) is 0 Å². The Morgan fingerprint density at radius 2 is 1.93 bits per heavy atom. The van der Waals surface area contributed by atoms with Crippen molar-refractivity contribution >= 4 is 11.2 Å². The Hall–Kier alpha value is -2.68. The molecule has 0 atom stereocenters. The minimum Gasteiger partial charge on any atom is -0.383 e. The van der Waals surface area contributed by atoms with Crippen molar-refractivity contribution in [2.24, 2.45) is 0 Å². The third-order valence-corrected chi connectivity index (χ3v) is 4.38. The summed E-state index contributed by atoms with van der Waals surface area (Å²) in [5, 5.41) is 4.43. The van der Waals surface area contributed by atoms with Gasteiger partial charge in [0.1, 0.15) is 5.82 Å². The van der Waals surface area contributed by atoms with Crippen LogP contribution >= 0.6 is 0 Å². The molecule has 0 aromatic carbocycles. The molecule has 0 aliphatic rings. The van der Waals surface area contributed by atoms with Gasteiger partial charge in [-0.3, -0.25) is 19.0 Å². The van der Waals surface area contributed by atoms with Crippen molar-refractivity contribution in [2.75, 3.05) is 13.7 Å². The second-order valence-corrected chi connectivity index (χ2v) is 7.51. The number of aryl methyl sites for hydroxylation is 1. The fourth-order valence-electron chi connectivity index (χ4n) is 3.03. The Morgan fingerprint density at radius 3 is 2.52 bits per heavy atom. The topological polar surface area (TPSA) is 99.7 Å². The maximum atomic E-state index is 12.6. The van der Waals surface area contributed by atoms with Gasteiger partial charge in [0.15, 0.2) is 11.2 Å². The van der Waals surface area contributed by atoms with E-state index in [9.17, 15) is 9.59 Å². The molecule has 0 saturated carbocycles. The number of hydrogen-bond acceptors (Lipinski definition) is 5. The number of imidazole rings is 1. The van der Waals surface area contributed by atoms with Gasteiger partial charge in [-0.1, -0.05) is 6.92 Å². The molecule has 3 aromatic heterocycles. The van der Waals surface area contributed by atoms with Gasteiger partial charge in [0.25, 0.3) is 5.56 Å². The summed E-state index contributed by atoms with van der Waals surface area (Å²) < 4.78 is 10.4. The predicted octanol–water partition coefficient (Wildman–Crippen LogP) is 1.56. The van der Waals surface area contributed by atoms with E-state index in [-0.39, 0.29) is 5.54 Å². The lowest BCUT2D eigenvalue weighted by atomic mass is 10.1. The second kappa shape index (κ2) is 7.15. The van der Waals surface area contributed by atoms with E-state index in [1.165, 1.54) is 4.57 Å². The smallest absolute Gasteiger partial charge is 0.330 e. The van der Waals surface area contributed by atoms with E-state index in [1.54, 1.807) is 17.9 Å². The van der Waals surface area contributed by atoms with Gasteiger partial charge in [-0.25, -0.2) is 9.78 Å². The summed E-state index contributed by atoms with van der Waals surface area (Å²) in [4.78, 5) is 31.9. The van der Waals surface area contributed by atoms with Crippen molar-refractivity contribution in [2.45, 2.75) is 52.7 Å². The van der Waals surface area contributed by atoms with E-state index < -0.39 is 11.2 Å². The summed E-state index contributed by atoms with van der Waals surface area (Å²) >= 11 is 0. The highest BCUT2D eigenvalue weighted by molar-refractivity contribution is 5.76. The van der Waals surface area contributed by atoms with Gasteiger partial charge >= 0.3 is 5.69 Å². The van der Waals surface area contributed by atoms with Gasteiger partial charge in [0.2, 0.25) is 0 Å². The summed E-state index contributed by atoms with van der Waals surface area (Å²) in [5.41, 5.74) is 0.484. The molecule has 0 aliphatic heterocycles. The van der Waals surface area contributed by atoms with Gasteiger partial charge in [0, 0.05) is 26.4 Å². The highest BCUT2D eigenvalue weighted by Crippen LogP contribution is 2.24. The van der Waals surface area contributed by atoms with Crippen LogP contribution in [0.1, 0.15) is 34.1 Å². The molecule has 0 fully saturated rings. The number of ether oxygens (including phenoxy) is 1. The van der Waals surface area contributed by atoms with E-state index in [0.717, 1.165) is 12.0 Å². The van der Waals surface area contributed by atoms with Gasteiger partial charge in [0.05, 0.1) is 23.9 Å². The standard InChI is InChI=1S/C18H26N6O3/c1-6-7-23-15-13(16(25)21-17(23)26)22(8-9-27-5)14(20-15)12-10-19-24(11-12)18(2,3)4/h10-11H,6-9H2,1-5H3,(H,21,25,26). The summed E-state index contributed by atoms with van der Waals surface area (Å²) in [6.07, 6.45) is 4.39. The van der Waals surface area contributed by atoms with Crippen molar-refractivity contribution in [1.29, 1.82) is 0 Å². The van der Waals surface area contributed by atoms with E-state index >= 15 is 0 Å². The number of fused-ring (bicyclic) bond motifs is 1. The lowest BCUT2D eigenvalue weighted by Gasteiger charge is -2.18. The van der Waals surface area contributed by atoms with Gasteiger partial charge < -0.3 is 9.30 Å². The van der Waals surface area contributed by atoms with E-state index in [1.807, 2.05) is 17.8 Å². The van der Waals surface area contributed by atoms with Crippen molar-refractivity contribution in [1.82, 2.24) is 28.9 Å². The Bertz CT molecular complexity index is 1060. The number of H-pyrrole nitrogens is 1. The van der Waals surface area contributed by atoms with Gasteiger partial charge in [-0.05, 0) is 27.2 Å². The number of rotatable bonds is 6. The Kier molecular flexibility index (Phi) is 5.05. The first kappa shape index (κ1) is 19.1. The molecule has 3 rings (SSSR count). The van der Waals surface area contributed by atoms with Crippen molar-refractivity contribution < 1.29 is 4.74 Å². The van der Waals surface area contributed by atoms with E-state index in [4.69, 9.17) is 4.74 Å². The quantitative estimate of drug-likeness (QED) is 0.706. The second-order valence-electron chi connectivity index (χ2n) is 7.51. The highest BCUT2D eigenvalue weighted by Gasteiger charge is 2.22. The number of methoxy groups -OCH3 is 1. The number of nitrogens with one attached hydrogen (secondary N) is 1. The molecule has 0 bridgehead atoms. The zero-order valence-corrected chi connectivity index (χ0v) is 16.4. The summed E-state index contributed by atoms with van der Waals surface area (Å²) in [6, 6.07) is 0. The number of nitrogens with zero attached hydrogens (tertiary/aromatic N) is 5. The molecular weight excluding hydrogens is 348 g/mol. The molecule has 3 heterocycles. The van der Waals surface area contributed by atoms with Crippen LogP contribution in [0, 0.1) is 0 Å². The Labute approximate surface area is 156 Å². The van der Waals surface area contributed by atoms with Crippen LogP contribution in [-0.2, 0) is 23.4 Å². The summed E-state index contributed by atoms with van der Waals surface area (Å²) in [7, 11) is 1.60. The maximum absolute atomic E-state index is 12.6. The first-order chi connectivity index (χ1) is 12.8. The minimum absolute atomic E-state index is 0.177. The number of hydrogen-bond donors (Lipinski definition) is 1. The van der Waals surface area contributed by atoms with Crippen LogP contribution in [0.4, 0.5) is 0 Å². The molecule has 0 amide bonds. The average molecular weight is 374 g/mol. The van der Waals surface area contributed by atoms with Crippen LogP contribution in [0.25, 0.3) is 22.6 Å². The molecule has 0 aliphatic carbocycles. The summed E-state index contributed by atoms with van der Waals surface area (Å²) in [6.45, 7) is 9.48. The SMILES string of the molecule is CCCn1c(=O)[nH]c(=O)c2c1nc(-c1cnn(C(C)(C)C)c1)n2CCOC. The van der Waals surface area contributed by atoms with Gasteiger partial charge in [-0.15, -0.1) is 0 Å². The number of aromatic nitrogens is 6. The normalized spacial score (nSPS) is 12.2. The van der Waals surface area contributed by atoms with Crippen LogP contribution < -0.4 is 11.2 Å². The van der Waals surface area contributed by atoms with Crippen molar-refractivity contribution in [3.63, 3.8) is 0 Å². The zero-order chi connectivity index (χ0) is 19.8. The number of aromatic amines is 1. The first-order valence-corrected chi connectivity index (χ1v) is 9.05. The molecule has 9 nitrogen and oxygen atoms in total. The van der Waals surface area contributed by atoms with Crippen LogP contribution in [0.15, 0.2) is 22.0 Å². The molecule has 27 heavy (non-hydrogen) atoms. The molecule has 3 aromatic rings. The van der Waals surface area contributed by atoms with Crippen LogP contribution in [0.3, 0.4) is 0 Å². The fraction of sp³-hybridized carbons (Fsp3) is 0.556. The molecule has 0 spiro atoms. The molecule has 1 N–H and O–H groups in total. The Balaban J connectivity index is 2.30. The monoisotopic (exact) mass is 374 g/mol. The van der Waals surface area contributed by atoms with Crippen LogP contribution in [0.5, 0.6) is 0 Å². The zero-order valence-electron chi connectivity index (χ0n) is 16.4. The highest BCUT2D eigenvalue weighted by atomic mass is 16.5. The van der Waals surface area contributed by atoms with Crippen molar-refractivity contribution in [3.05, 3.63) is 33.2 Å². The third-order valence-electron chi connectivity index (χ3n) is 4.38. The van der Waals surface area contributed by atoms with Gasteiger partial charge in [-0.2, -0.15) is 5.10 Å². The maximum Gasteiger partial charge on any atom is 0.330 e. The minimum atomic E-state index is -0.444. The molecule has 0 radical (unpaired) electrons. The van der Waals surface area contributed by atoms with E-state index in [2.05, 4.69) is 35.8 Å². The largest absolute Gasteiger partial charge is 0.383 e. The van der Waals surface area contributed by atoms with Crippen molar-refractivity contribution in [3.8, 4) is 11.4 Å². The molecule has 146 valence electrons. The molecule has 0 unspecified atom stereocenters. The summed E-state index contributed by atoms with van der Waals surface area (Å²) in [5.74, 6) is 0.596. The lowest BCUT2D eigenvalue weighted by Crippen LogP contribution is -2.31. The first-order valence-electron chi connectivity index (χ1n) is 9.05. The molecular formula is C18H26N6O3. The average Bonchev–Trinajstić information content (AvgIpc) is 3.21. The fourth-order valence-corrected chi connectivity index (χ4v) is 3.03.